The Kier molecular flexibility index (Phi) is 6.15. The van der Waals surface area contributed by atoms with Crippen LogP contribution in [0, 0.1) is 5.82 Å². The lowest BCUT2D eigenvalue weighted by Gasteiger charge is -2.23. The normalized spacial score (nSPS) is 17.1. The molecule has 0 aliphatic carbocycles. The van der Waals surface area contributed by atoms with Gasteiger partial charge in [0.05, 0.1) is 35.5 Å². The first-order valence-corrected chi connectivity index (χ1v) is 12.0. The Bertz CT molecular complexity index is 1510. The van der Waals surface area contributed by atoms with Crippen molar-refractivity contribution in [3.63, 3.8) is 0 Å². The van der Waals surface area contributed by atoms with E-state index >= 15 is 0 Å². The molecule has 1 fully saturated rings. The number of Topliss-reactive ketones (excluding diaryl/α,β-unsaturated/α-hetero) is 1. The lowest BCUT2D eigenvalue weighted by Crippen LogP contribution is -2.29. The van der Waals surface area contributed by atoms with Gasteiger partial charge in [-0.05, 0) is 67.1 Å². The van der Waals surface area contributed by atoms with E-state index in [1.54, 1.807) is 36.4 Å². The maximum absolute atomic E-state index is 13.5. The van der Waals surface area contributed by atoms with Crippen molar-refractivity contribution in [2.24, 2.45) is 0 Å². The number of amides is 1. The number of hydrogen-bond acceptors (Lipinski definition) is 7. The fourth-order valence-electron chi connectivity index (χ4n) is 4.17. The summed E-state index contributed by atoms with van der Waals surface area (Å²) >= 11 is 1.24. The number of ether oxygens (including phenoxy) is 2. The lowest BCUT2D eigenvalue weighted by molar-refractivity contribution is -0.132. The number of hydrogen-bond donors (Lipinski definition) is 1. The smallest absolute Gasteiger partial charge is 0.301 e. The Hall–Kier alpha value is -4.24. The van der Waals surface area contributed by atoms with Gasteiger partial charge in [0.2, 0.25) is 0 Å². The highest BCUT2D eigenvalue weighted by Crippen LogP contribution is 2.45. The number of fused-ring (bicyclic) bond motifs is 1. The maximum Gasteiger partial charge on any atom is 0.301 e. The standard InChI is InChI=1S/C27H21FN2O5S/c1-3-35-19-11-12-20-21(14-19)36-27(29-20)30-23(16-5-4-6-18(13-16)34-2)22(25(32)26(30)33)24(31)15-7-9-17(28)10-8-15/h4-14,23,31H,3H2,1-2H3/b24-22+/t23-/m0/s1. The molecule has 1 N–H and O–H groups in total. The van der Waals surface area contributed by atoms with Gasteiger partial charge in [-0.3, -0.25) is 14.5 Å². The molecule has 4 aromatic rings. The molecule has 0 saturated carbocycles. The Morgan fingerprint density at radius 1 is 1.08 bits per heavy atom. The topological polar surface area (TPSA) is 89.0 Å². The summed E-state index contributed by atoms with van der Waals surface area (Å²) in [6.07, 6.45) is 0. The lowest BCUT2D eigenvalue weighted by atomic mass is 9.95. The number of methoxy groups -OCH3 is 1. The van der Waals surface area contributed by atoms with E-state index in [0.29, 0.717) is 34.3 Å². The Labute approximate surface area is 210 Å². The first-order chi connectivity index (χ1) is 17.4. The molecule has 0 spiro atoms. The summed E-state index contributed by atoms with van der Waals surface area (Å²) in [6.45, 7) is 2.39. The molecule has 1 aliphatic rings. The minimum absolute atomic E-state index is 0.117. The second kappa shape index (κ2) is 9.43. The van der Waals surface area contributed by atoms with Crippen molar-refractivity contribution in [3.8, 4) is 11.5 Å². The van der Waals surface area contributed by atoms with Crippen molar-refractivity contribution >= 4 is 44.1 Å². The molecule has 3 aromatic carbocycles. The zero-order valence-corrected chi connectivity index (χ0v) is 20.2. The van der Waals surface area contributed by atoms with Crippen LogP contribution in [0.15, 0.2) is 72.3 Å². The van der Waals surface area contributed by atoms with E-state index < -0.39 is 29.3 Å². The third-order valence-corrected chi connectivity index (χ3v) is 6.85. The predicted molar refractivity (Wildman–Crippen MR) is 135 cm³/mol. The summed E-state index contributed by atoms with van der Waals surface area (Å²) in [7, 11) is 1.51. The monoisotopic (exact) mass is 504 g/mol. The van der Waals surface area contributed by atoms with Gasteiger partial charge in [0.25, 0.3) is 5.78 Å². The van der Waals surface area contributed by atoms with Crippen LogP contribution in [-0.4, -0.2) is 35.5 Å². The van der Waals surface area contributed by atoms with Crippen LogP contribution in [-0.2, 0) is 9.59 Å². The number of ketones is 1. The van der Waals surface area contributed by atoms with E-state index in [2.05, 4.69) is 4.98 Å². The van der Waals surface area contributed by atoms with Gasteiger partial charge in [-0.1, -0.05) is 23.5 Å². The van der Waals surface area contributed by atoms with Crippen molar-refractivity contribution in [1.82, 2.24) is 4.98 Å². The van der Waals surface area contributed by atoms with Gasteiger partial charge in [-0.15, -0.1) is 0 Å². The molecule has 1 aliphatic heterocycles. The Balaban J connectivity index is 1.70. The molecule has 5 rings (SSSR count). The van der Waals surface area contributed by atoms with Crippen LogP contribution in [0.1, 0.15) is 24.1 Å². The summed E-state index contributed by atoms with van der Waals surface area (Å²) in [5, 5.41) is 11.4. The third kappa shape index (κ3) is 4.07. The number of halogens is 1. The van der Waals surface area contributed by atoms with Crippen molar-refractivity contribution in [2.75, 3.05) is 18.6 Å². The van der Waals surface area contributed by atoms with E-state index in [0.717, 1.165) is 4.70 Å². The van der Waals surface area contributed by atoms with Crippen LogP contribution in [0.2, 0.25) is 0 Å². The number of rotatable bonds is 6. The molecule has 2 heterocycles. The molecular weight excluding hydrogens is 483 g/mol. The van der Waals surface area contributed by atoms with Crippen LogP contribution in [0.4, 0.5) is 9.52 Å². The largest absolute Gasteiger partial charge is 0.507 e. The highest BCUT2D eigenvalue weighted by Gasteiger charge is 2.48. The average molecular weight is 505 g/mol. The summed E-state index contributed by atoms with van der Waals surface area (Å²) < 4.78 is 25.2. The fourth-order valence-corrected chi connectivity index (χ4v) is 5.19. The van der Waals surface area contributed by atoms with E-state index in [-0.39, 0.29) is 11.1 Å². The molecule has 0 bridgehead atoms. The van der Waals surface area contributed by atoms with Gasteiger partial charge in [0.15, 0.2) is 5.13 Å². The van der Waals surface area contributed by atoms with Gasteiger partial charge >= 0.3 is 5.91 Å². The molecule has 9 heteroatoms. The van der Waals surface area contributed by atoms with Crippen LogP contribution in [0.5, 0.6) is 11.5 Å². The predicted octanol–water partition coefficient (Wildman–Crippen LogP) is 5.47. The third-order valence-electron chi connectivity index (χ3n) is 5.84. The molecule has 0 unspecified atom stereocenters. The minimum atomic E-state index is -0.975. The van der Waals surface area contributed by atoms with Crippen LogP contribution < -0.4 is 14.4 Å². The summed E-state index contributed by atoms with van der Waals surface area (Å²) in [6, 6.07) is 16.4. The minimum Gasteiger partial charge on any atom is -0.507 e. The number of aliphatic hydroxyl groups is 1. The Morgan fingerprint density at radius 2 is 1.86 bits per heavy atom. The fraction of sp³-hybridized carbons (Fsp3) is 0.148. The van der Waals surface area contributed by atoms with Gasteiger partial charge in [0, 0.05) is 5.56 Å². The number of thiazole rings is 1. The van der Waals surface area contributed by atoms with E-state index in [1.807, 2.05) is 13.0 Å². The SMILES string of the molecule is CCOc1ccc2nc(N3C(=O)C(=O)/C(=C(/O)c4ccc(F)cc4)[C@@H]3c3cccc(OC)c3)sc2c1. The molecule has 36 heavy (non-hydrogen) atoms. The molecule has 0 radical (unpaired) electrons. The van der Waals surface area contributed by atoms with Crippen molar-refractivity contribution in [3.05, 3.63) is 89.2 Å². The number of carbonyl (C=O) groups excluding carboxylic acids is 2. The van der Waals surface area contributed by atoms with Gasteiger partial charge in [-0.25, -0.2) is 9.37 Å². The van der Waals surface area contributed by atoms with E-state index in [9.17, 15) is 19.1 Å². The molecule has 1 aromatic heterocycles. The van der Waals surface area contributed by atoms with E-state index in [4.69, 9.17) is 9.47 Å². The van der Waals surface area contributed by atoms with Gasteiger partial charge in [-0.2, -0.15) is 0 Å². The van der Waals surface area contributed by atoms with Crippen LogP contribution in [0.3, 0.4) is 0 Å². The molecule has 182 valence electrons. The number of nitrogens with zero attached hydrogens (tertiary/aromatic N) is 2. The highest BCUT2D eigenvalue weighted by molar-refractivity contribution is 7.22. The molecule has 7 nitrogen and oxygen atoms in total. The Morgan fingerprint density at radius 3 is 2.58 bits per heavy atom. The van der Waals surface area contributed by atoms with Crippen molar-refractivity contribution < 1.29 is 28.6 Å². The van der Waals surface area contributed by atoms with Crippen LogP contribution >= 0.6 is 11.3 Å². The van der Waals surface area contributed by atoms with Gasteiger partial charge < -0.3 is 14.6 Å². The number of anilines is 1. The number of carbonyl (C=O) groups is 2. The van der Waals surface area contributed by atoms with Gasteiger partial charge in [0.1, 0.15) is 23.1 Å². The quantitative estimate of drug-likeness (QED) is 0.213. The maximum atomic E-state index is 13.5. The second-order valence-corrected chi connectivity index (χ2v) is 9.02. The van der Waals surface area contributed by atoms with E-state index in [1.165, 1.54) is 47.6 Å². The van der Waals surface area contributed by atoms with Crippen molar-refractivity contribution in [1.29, 1.82) is 0 Å². The first-order valence-electron chi connectivity index (χ1n) is 11.2. The molecule has 1 atom stereocenters. The summed E-state index contributed by atoms with van der Waals surface area (Å²) in [5.74, 6) is -1.39. The molecule has 1 amide bonds. The van der Waals surface area contributed by atoms with Crippen molar-refractivity contribution in [2.45, 2.75) is 13.0 Å². The van der Waals surface area contributed by atoms with Crippen LogP contribution in [0.25, 0.3) is 16.0 Å². The number of aliphatic hydroxyl groups excluding tert-OH is 1. The number of benzene rings is 3. The number of aromatic nitrogens is 1. The second-order valence-electron chi connectivity index (χ2n) is 8.01. The molecular formula is C27H21FN2O5S. The zero-order valence-electron chi connectivity index (χ0n) is 19.4. The first kappa shape index (κ1) is 23.5. The summed E-state index contributed by atoms with van der Waals surface area (Å²) in [4.78, 5) is 32.6. The summed E-state index contributed by atoms with van der Waals surface area (Å²) in [5.41, 5.74) is 1.29. The molecule has 1 saturated heterocycles. The average Bonchev–Trinajstić information content (AvgIpc) is 3.42. The highest BCUT2D eigenvalue weighted by atomic mass is 32.1. The zero-order chi connectivity index (χ0) is 25.4.